The molecule has 8 nitrogen and oxygen atoms in total. The topological polar surface area (TPSA) is 65.9 Å². The second-order valence-electron chi connectivity index (χ2n) is 9.61. The molecule has 0 spiro atoms. The van der Waals surface area contributed by atoms with Crippen LogP contribution < -0.4 is 10.2 Å². The Hall–Kier alpha value is -2.42. The largest absolute Gasteiger partial charge is 0.379 e. The van der Waals surface area contributed by atoms with Crippen molar-refractivity contribution in [3.63, 3.8) is 0 Å². The summed E-state index contributed by atoms with van der Waals surface area (Å²) in [6, 6.07) is 10.8. The van der Waals surface area contributed by atoms with Crippen LogP contribution in [0.3, 0.4) is 0 Å². The van der Waals surface area contributed by atoms with Gasteiger partial charge in [0.2, 0.25) is 0 Å². The summed E-state index contributed by atoms with van der Waals surface area (Å²) in [5.74, 6) is 0.00255. The van der Waals surface area contributed by atoms with Crippen LogP contribution in [0, 0.1) is 13.8 Å². The van der Waals surface area contributed by atoms with E-state index >= 15 is 0 Å². The lowest BCUT2D eigenvalue weighted by molar-refractivity contribution is 0.0383. The first-order chi connectivity index (χ1) is 16.5. The normalized spacial score (nSPS) is 17.9. The molecule has 0 bridgehead atoms. The van der Waals surface area contributed by atoms with Crippen molar-refractivity contribution in [3.8, 4) is 0 Å². The number of aryl methyl sites for hydroxylation is 2. The lowest BCUT2D eigenvalue weighted by Crippen LogP contribution is -2.44. The molecule has 2 aliphatic rings. The Bertz CT molecular complexity index is 914. The fourth-order valence-electron chi connectivity index (χ4n) is 4.98. The number of benzene rings is 1. The maximum absolute atomic E-state index is 12.5. The number of ether oxygens (including phenoxy) is 1. The maximum atomic E-state index is 12.5. The van der Waals surface area contributed by atoms with Gasteiger partial charge in [-0.15, -0.1) is 0 Å². The van der Waals surface area contributed by atoms with Crippen molar-refractivity contribution in [3.05, 3.63) is 47.3 Å². The minimum atomic E-state index is 0.00255. The predicted octanol–water partition coefficient (Wildman–Crippen LogP) is 2.16. The molecule has 34 heavy (non-hydrogen) atoms. The zero-order valence-electron chi connectivity index (χ0n) is 21.0. The Morgan fingerprint density at radius 3 is 2.44 bits per heavy atom. The molecule has 0 aliphatic carbocycles. The summed E-state index contributed by atoms with van der Waals surface area (Å²) >= 11 is 0. The third-order valence-electron chi connectivity index (χ3n) is 7.17. The molecule has 4 rings (SSSR count). The molecule has 1 aromatic carbocycles. The number of anilines is 1. The fourth-order valence-corrected chi connectivity index (χ4v) is 4.98. The number of carbonyl (C=O) groups is 1. The minimum absolute atomic E-state index is 0.00255. The van der Waals surface area contributed by atoms with E-state index in [9.17, 15) is 4.79 Å². The van der Waals surface area contributed by atoms with E-state index in [4.69, 9.17) is 4.74 Å². The Morgan fingerprint density at radius 1 is 1.09 bits per heavy atom. The molecule has 0 atom stereocenters. The number of likely N-dealkylation sites (N-methyl/N-ethyl adjacent to an activating group) is 1. The smallest absolute Gasteiger partial charge is 0.251 e. The van der Waals surface area contributed by atoms with Crippen LogP contribution in [0.5, 0.6) is 0 Å². The van der Waals surface area contributed by atoms with Crippen molar-refractivity contribution in [2.45, 2.75) is 39.3 Å². The molecule has 1 aromatic heterocycles. The number of aromatic nitrogens is 2. The highest BCUT2D eigenvalue weighted by Gasteiger charge is 2.23. The molecule has 1 N–H and O–H groups in total. The van der Waals surface area contributed by atoms with Crippen LogP contribution in [-0.2, 0) is 11.3 Å². The third-order valence-corrected chi connectivity index (χ3v) is 7.17. The molecular formula is C26H40N6O2. The van der Waals surface area contributed by atoms with Gasteiger partial charge in [-0.2, -0.15) is 5.10 Å². The number of nitrogens with zero attached hydrogens (tertiary/aromatic N) is 5. The summed E-state index contributed by atoms with van der Waals surface area (Å²) < 4.78 is 7.48. The van der Waals surface area contributed by atoms with Crippen LogP contribution in [-0.4, -0.2) is 97.6 Å². The van der Waals surface area contributed by atoms with Gasteiger partial charge in [0.1, 0.15) is 0 Å². The molecule has 3 heterocycles. The molecule has 2 fully saturated rings. The van der Waals surface area contributed by atoms with Crippen LogP contribution >= 0.6 is 0 Å². The number of piperidine rings is 1. The van der Waals surface area contributed by atoms with Crippen LogP contribution in [0.25, 0.3) is 0 Å². The molecule has 2 aromatic rings. The van der Waals surface area contributed by atoms with Gasteiger partial charge in [0, 0.05) is 68.8 Å². The Balaban J connectivity index is 1.18. The molecule has 2 saturated heterocycles. The van der Waals surface area contributed by atoms with Gasteiger partial charge >= 0.3 is 0 Å². The zero-order valence-corrected chi connectivity index (χ0v) is 21.0. The molecule has 8 heteroatoms. The standard InChI is InChI=1S/C26H40N6O2/c1-21-20-22(2)32(28-21)15-14-29(3)24-8-11-31(12-9-24)25-6-4-23(5-7-25)26(33)27-10-13-30-16-18-34-19-17-30/h4-7,20,24H,8-19H2,1-3H3,(H,27,33). The average Bonchev–Trinajstić information content (AvgIpc) is 3.20. The average molecular weight is 469 g/mol. The van der Waals surface area contributed by atoms with E-state index in [0.717, 1.165) is 83.1 Å². The van der Waals surface area contributed by atoms with E-state index in [1.165, 1.54) is 11.4 Å². The van der Waals surface area contributed by atoms with Crippen molar-refractivity contribution in [1.82, 2.24) is 24.9 Å². The highest BCUT2D eigenvalue weighted by molar-refractivity contribution is 5.94. The summed E-state index contributed by atoms with van der Waals surface area (Å²) in [5, 5.41) is 7.63. The van der Waals surface area contributed by atoms with Crippen LogP contribution in [0.15, 0.2) is 30.3 Å². The van der Waals surface area contributed by atoms with Crippen LogP contribution in [0.2, 0.25) is 0 Å². The van der Waals surface area contributed by atoms with Gasteiger partial charge in [0.05, 0.1) is 25.5 Å². The highest BCUT2D eigenvalue weighted by Crippen LogP contribution is 2.22. The van der Waals surface area contributed by atoms with Gasteiger partial charge in [-0.25, -0.2) is 0 Å². The minimum Gasteiger partial charge on any atom is -0.379 e. The van der Waals surface area contributed by atoms with E-state index in [1.807, 2.05) is 12.1 Å². The second kappa shape index (κ2) is 11.8. The molecule has 0 radical (unpaired) electrons. The van der Waals surface area contributed by atoms with Crippen molar-refractivity contribution in [2.24, 2.45) is 0 Å². The summed E-state index contributed by atoms with van der Waals surface area (Å²) in [6.45, 7) is 13.2. The van der Waals surface area contributed by atoms with E-state index in [2.05, 4.69) is 68.9 Å². The lowest BCUT2D eigenvalue weighted by Gasteiger charge is -2.38. The Labute approximate surface area is 203 Å². The summed E-state index contributed by atoms with van der Waals surface area (Å²) in [6.07, 6.45) is 2.30. The third kappa shape index (κ3) is 6.58. The molecule has 0 unspecified atom stereocenters. The number of carbonyl (C=O) groups excluding carboxylic acids is 1. The van der Waals surface area contributed by atoms with Gasteiger partial charge in [-0.3, -0.25) is 14.4 Å². The quantitative estimate of drug-likeness (QED) is 0.609. The van der Waals surface area contributed by atoms with Crippen molar-refractivity contribution < 1.29 is 9.53 Å². The van der Waals surface area contributed by atoms with E-state index in [-0.39, 0.29) is 5.91 Å². The van der Waals surface area contributed by atoms with E-state index in [1.54, 1.807) is 0 Å². The first-order valence-corrected chi connectivity index (χ1v) is 12.6. The Morgan fingerprint density at radius 2 is 1.79 bits per heavy atom. The number of hydrogen-bond acceptors (Lipinski definition) is 6. The second-order valence-corrected chi connectivity index (χ2v) is 9.61. The number of hydrogen-bond donors (Lipinski definition) is 1. The molecule has 1 amide bonds. The van der Waals surface area contributed by atoms with Crippen LogP contribution in [0.4, 0.5) is 5.69 Å². The van der Waals surface area contributed by atoms with Crippen LogP contribution in [0.1, 0.15) is 34.6 Å². The maximum Gasteiger partial charge on any atom is 0.251 e. The first-order valence-electron chi connectivity index (χ1n) is 12.6. The highest BCUT2D eigenvalue weighted by atomic mass is 16.5. The Kier molecular flexibility index (Phi) is 8.59. The summed E-state index contributed by atoms with van der Waals surface area (Å²) in [4.78, 5) is 19.7. The van der Waals surface area contributed by atoms with Gasteiger partial charge < -0.3 is 19.9 Å². The monoisotopic (exact) mass is 468 g/mol. The number of nitrogens with one attached hydrogen (secondary N) is 1. The molecule has 0 saturated carbocycles. The molecular weight excluding hydrogens is 428 g/mol. The summed E-state index contributed by atoms with van der Waals surface area (Å²) in [7, 11) is 2.23. The predicted molar refractivity (Wildman–Crippen MR) is 136 cm³/mol. The van der Waals surface area contributed by atoms with E-state index < -0.39 is 0 Å². The summed E-state index contributed by atoms with van der Waals surface area (Å²) in [5.41, 5.74) is 4.25. The molecule has 186 valence electrons. The van der Waals surface area contributed by atoms with E-state index in [0.29, 0.717) is 12.6 Å². The number of amides is 1. The fraction of sp³-hybridized carbons (Fsp3) is 0.615. The van der Waals surface area contributed by atoms with Crippen molar-refractivity contribution >= 4 is 11.6 Å². The van der Waals surface area contributed by atoms with Gasteiger partial charge in [-0.05, 0) is 64.1 Å². The number of rotatable bonds is 9. The number of morpholine rings is 1. The van der Waals surface area contributed by atoms with Crippen molar-refractivity contribution in [1.29, 1.82) is 0 Å². The lowest BCUT2D eigenvalue weighted by atomic mass is 10.0. The zero-order chi connectivity index (χ0) is 23.9. The van der Waals surface area contributed by atoms with Gasteiger partial charge in [-0.1, -0.05) is 0 Å². The van der Waals surface area contributed by atoms with Gasteiger partial charge in [0.15, 0.2) is 0 Å². The van der Waals surface area contributed by atoms with Gasteiger partial charge in [0.25, 0.3) is 5.91 Å². The van der Waals surface area contributed by atoms with Crippen molar-refractivity contribution in [2.75, 3.05) is 71.0 Å². The first kappa shape index (κ1) is 24.7. The molecule has 2 aliphatic heterocycles. The SMILES string of the molecule is Cc1cc(C)n(CCN(C)C2CCN(c3ccc(C(=O)NCCN4CCOCC4)cc3)CC2)n1.